The van der Waals surface area contributed by atoms with Crippen molar-refractivity contribution in [3.63, 3.8) is 0 Å². The number of hydrogen-bond donors (Lipinski definition) is 1. The topological polar surface area (TPSA) is 73.0 Å². The summed E-state index contributed by atoms with van der Waals surface area (Å²) in [4.78, 5) is 9.66. The van der Waals surface area contributed by atoms with E-state index >= 15 is 0 Å². The molecule has 1 aliphatic heterocycles. The van der Waals surface area contributed by atoms with Crippen LogP contribution in [0.5, 0.6) is 5.88 Å². The Morgan fingerprint density at radius 3 is 2.61 bits per heavy atom. The summed E-state index contributed by atoms with van der Waals surface area (Å²) in [7, 11) is 0. The number of pyridine rings is 1. The lowest BCUT2D eigenvalue weighted by molar-refractivity contribution is -0.137. The Balaban J connectivity index is 0.00000264. The maximum atomic E-state index is 12.4. The van der Waals surface area contributed by atoms with Gasteiger partial charge in [-0.2, -0.15) is 13.2 Å². The van der Waals surface area contributed by atoms with Gasteiger partial charge >= 0.3 is 6.18 Å². The van der Waals surface area contributed by atoms with Crippen molar-refractivity contribution in [2.75, 3.05) is 39.5 Å². The number of nitrogens with two attached hydrogens (primary N) is 1. The highest BCUT2D eigenvalue weighted by atomic mass is 127. The lowest BCUT2D eigenvalue weighted by atomic mass is 10.3. The predicted molar refractivity (Wildman–Crippen MR) is 89.0 cm³/mol. The van der Waals surface area contributed by atoms with Crippen LogP contribution in [0.15, 0.2) is 23.3 Å². The second-order valence-corrected chi connectivity index (χ2v) is 4.57. The molecular weight excluding hydrogens is 428 g/mol. The quantitative estimate of drug-likeness (QED) is 0.330. The van der Waals surface area contributed by atoms with E-state index < -0.39 is 11.7 Å². The van der Waals surface area contributed by atoms with Crippen LogP contribution in [0.2, 0.25) is 0 Å². The molecule has 6 nitrogen and oxygen atoms in total. The van der Waals surface area contributed by atoms with E-state index in [2.05, 4.69) is 9.98 Å². The van der Waals surface area contributed by atoms with Crippen LogP contribution in [-0.4, -0.2) is 55.3 Å². The molecule has 0 radical (unpaired) electrons. The molecule has 0 aliphatic carbocycles. The number of ether oxygens (including phenoxy) is 2. The van der Waals surface area contributed by atoms with Crippen molar-refractivity contribution >= 4 is 29.9 Å². The van der Waals surface area contributed by atoms with E-state index in [9.17, 15) is 13.2 Å². The van der Waals surface area contributed by atoms with E-state index in [-0.39, 0.29) is 36.5 Å². The molecule has 2 heterocycles. The Labute approximate surface area is 148 Å². The van der Waals surface area contributed by atoms with Gasteiger partial charge in [0.1, 0.15) is 6.61 Å². The molecule has 1 saturated heterocycles. The summed E-state index contributed by atoms with van der Waals surface area (Å²) in [5.74, 6) is 0.528. The molecule has 1 aromatic rings. The van der Waals surface area contributed by atoms with Gasteiger partial charge in [-0.1, -0.05) is 0 Å². The summed E-state index contributed by atoms with van der Waals surface area (Å²) in [6, 6.07) is 2.10. The number of morpholine rings is 1. The fraction of sp³-hybridized carbons (Fsp3) is 0.538. The minimum Gasteiger partial charge on any atom is -0.476 e. The molecule has 1 aromatic heterocycles. The highest BCUT2D eigenvalue weighted by Crippen LogP contribution is 2.29. The maximum Gasteiger partial charge on any atom is 0.417 e. The second-order valence-electron chi connectivity index (χ2n) is 4.57. The maximum absolute atomic E-state index is 12.4. The molecule has 0 spiro atoms. The molecule has 2 N–H and O–H groups in total. The third-order valence-corrected chi connectivity index (χ3v) is 3.01. The van der Waals surface area contributed by atoms with Gasteiger partial charge < -0.3 is 20.1 Å². The van der Waals surface area contributed by atoms with Gasteiger partial charge in [0.15, 0.2) is 5.96 Å². The fourth-order valence-corrected chi connectivity index (χ4v) is 1.84. The van der Waals surface area contributed by atoms with Crippen LogP contribution < -0.4 is 10.5 Å². The Bertz CT molecular complexity index is 505. The Morgan fingerprint density at radius 1 is 1.35 bits per heavy atom. The van der Waals surface area contributed by atoms with Gasteiger partial charge in [0.2, 0.25) is 5.88 Å². The lowest BCUT2D eigenvalue weighted by Crippen LogP contribution is -2.45. The van der Waals surface area contributed by atoms with Crippen LogP contribution in [0.1, 0.15) is 5.56 Å². The first-order chi connectivity index (χ1) is 10.5. The van der Waals surface area contributed by atoms with Crippen molar-refractivity contribution in [2.24, 2.45) is 10.7 Å². The first-order valence-electron chi connectivity index (χ1n) is 6.75. The first-order valence-corrected chi connectivity index (χ1v) is 6.75. The zero-order chi connectivity index (χ0) is 16.0. The number of guanidine groups is 1. The largest absolute Gasteiger partial charge is 0.476 e. The van der Waals surface area contributed by atoms with Gasteiger partial charge in [-0.05, 0) is 6.07 Å². The van der Waals surface area contributed by atoms with Crippen molar-refractivity contribution in [1.29, 1.82) is 0 Å². The summed E-state index contributed by atoms with van der Waals surface area (Å²) in [5.41, 5.74) is 5.01. The van der Waals surface area contributed by atoms with Crippen LogP contribution in [0.4, 0.5) is 13.2 Å². The van der Waals surface area contributed by atoms with Crippen LogP contribution in [-0.2, 0) is 10.9 Å². The van der Waals surface area contributed by atoms with E-state index in [1.165, 1.54) is 6.07 Å². The number of alkyl halides is 3. The van der Waals surface area contributed by atoms with E-state index in [1.54, 1.807) is 0 Å². The molecule has 130 valence electrons. The van der Waals surface area contributed by atoms with Crippen molar-refractivity contribution in [2.45, 2.75) is 6.18 Å². The van der Waals surface area contributed by atoms with Gasteiger partial charge in [0, 0.05) is 25.4 Å². The minimum absolute atomic E-state index is 0. The summed E-state index contributed by atoms with van der Waals surface area (Å²) in [6.07, 6.45) is -3.66. The van der Waals surface area contributed by atoms with Gasteiger partial charge in [0.05, 0.1) is 25.3 Å². The van der Waals surface area contributed by atoms with Gasteiger partial charge in [-0.15, -0.1) is 24.0 Å². The molecular formula is C13H18F3IN4O2. The molecule has 2 rings (SSSR count). The van der Waals surface area contributed by atoms with Gasteiger partial charge in [0.25, 0.3) is 0 Å². The Morgan fingerprint density at radius 2 is 2.04 bits per heavy atom. The van der Waals surface area contributed by atoms with Crippen molar-refractivity contribution in [3.8, 4) is 5.88 Å². The fourth-order valence-electron chi connectivity index (χ4n) is 1.84. The van der Waals surface area contributed by atoms with Crippen molar-refractivity contribution in [1.82, 2.24) is 9.88 Å². The summed E-state index contributed by atoms with van der Waals surface area (Å²) >= 11 is 0. The summed E-state index contributed by atoms with van der Waals surface area (Å²) < 4.78 is 47.5. The number of rotatable bonds is 4. The smallest absolute Gasteiger partial charge is 0.417 e. The van der Waals surface area contributed by atoms with Crippen LogP contribution in [0, 0.1) is 0 Å². The van der Waals surface area contributed by atoms with E-state index in [4.69, 9.17) is 15.2 Å². The molecule has 0 amide bonds. The monoisotopic (exact) mass is 446 g/mol. The number of hydrogen-bond acceptors (Lipinski definition) is 4. The second kappa shape index (κ2) is 9.11. The average Bonchev–Trinajstić information content (AvgIpc) is 2.52. The molecule has 0 unspecified atom stereocenters. The average molecular weight is 446 g/mol. The van der Waals surface area contributed by atoms with E-state index in [0.717, 1.165) is 12.3 Å². The molecule has 1 aliphatic rings. The molecule has 23 heavy (non-hydrogen) atoms. The van der Waals surface area contributed by atoms with Gasteiger partial charge in [-0.25, -0.2) is 9.98 Å². The summed E-state index contributed by atoms with van der Waals surface area (Å²) in [5, 5.41) is 0. The minimum atomic E-state index is -4.40. The zero-order valence-electron chi connectivity index (χ0n) is 12.3. The number of nitrogens with zero attached hydrogens (tertiary/aromatic N) is 3. The molecule has 0 bridgehead atoms. The Kier molecular flexibility index (Phi) is 7.82. The molecule has 0 aromatic carbocycles. The highest BCUT2D eigenvalue weighted by Gasteiger charge is 2.30. The normalized spacial score (nSPS) is 16.0. The first kappa shape index (κ1) is 19.7. The Hall–Kier alpha value is -1.30. The molecule has 1 fully saturated rings. The zero-order valence-corrected chi connectivity index (χ0v) is 14.6. The van der Waals surface area contributed by atoms with Crippen LogP contribution in [0.25, 0.3) is 0 Å². The number of aromatic nitrogens is 1. The predicted octanol–water partition coefficient (Wildman–Crippen LogP) is 1.74. The third-order valence-electron chi connectivity index (χ3n) is 3.01. The third kappa shape index (κ3) is 6.37. The van der Waals surface area contributed by atoms with Crippen molar-refractivity contribution in [3.05, 3.63) is 23.9 Å². The van der Waals surface area contributed by atoms with Crippen LogP contribution in [0.3, 0.4) is 0 Å². The SMILES string of the molecule is I.NC(=NCCOc1ccc(C(F)(F)F)cn1)N1CCOCC1. The molecule has 10 heteroatoms. The summed E-state index contributed by atoms with van der Waals surface area (Å²) in [6.45, 7) is 3.09. The van der Waals surface area contributed by atoms with Crippen molar-refractivity contribution < 1.29 is 22.6 Å². The number of halogens is 4. The van der Waals surface area contributed by atoms with E-state index in [0.29, 0.717) is 38.8 Å². The van der Waals surface area contributed by atoms with Crippen LogP contribution >= 0.6 is 24.0 Å². The van der Waals surface area contributed by atoms with E-state index in [1.807, 2.05) is 4.90 Å². The number of aliphatic imine (C=N–C) groups is 1. The molecule has 0 saturated carbocycles. The lowest BCUT2D eigenvalue weighted by Gasteiger charge is -2.27. The van der Waals surface area contributed by atoms with Gasteiger partial charge in [-0.3, -0.25) is 0 Å². The highest BCUT2D eigenvalue weighted by molar-refractivity contribution is 14.0. The standard InChI is InChI=1S/C13H17F3N4O2.HI/c14-13(15,16)10-1-2-11(19-9-10)22-6-3-18-12(17)20-4-7-21-8-5-20;/h1-2,9H,3-8H2,(H2,17,18);1H. The molecule has 0 atom stereocenters.